The lowest BCUT2D eigenvalue weighted by molar-refractivity contribution is 0.391. The van der Waals surface area contributed by atoms with Gasteiger partial charge in [-0.25, -0.2) is 4.72 Å². The van der Waals surface area contributed by atoms with Crippen molar-refractivity contribution in [2.24, 2.45) is 11.1 Å². The summed E-state index contributed by atoms with van der Waals surface area (Å²) in [4.78, 5) is 0. The Labute approximate surface area is 93.2 Å². The monoisotopic (exact) mass is 237 g/mol. The fourth-order valence-electron chi connectivity index (χ4n) is 0.852. The highest BCUT2D eigenvalue weighted by Gasteiger charge is 2.19. The summed E-state index contributed by atoms with van der Waals surface area (Å²) >= 11 is 0. The van der Waals surface area contributed by atoms with E-state index in [1.54, 1.807) is 7.05 Å². The van der Waals surface area contributed by atoms with Gasteiger partial charge in [-0.3, -0.25) is 0 Å². The largest absolute Gasteiger partial charge is 0.330 e. The van der Waals surface area contributed by atoms with Gasteiger partial charge in [-0.1, -0.05) is 20.8 Å². The molecule has 6 heteroatoms. The Morgan fingerprint density at radius 1 is 1.33 bits per heavy atom. The summed E-state index contributed by atoms with van der Waals surface area (Å²) in [6, 6.07) is 0. The lowest BCUT2D eigenvalue weighted by atomic mass is 9.98. The zero-order chi connectivity index (χ0) is 12.1. The molecule has 0 unspecified atom stereocenters. The molecule has 0 rings (SSSR count). The van der Waals surface area contributed by atoms with E-state index in [0.717, 1.165) is 0 Å². The van der Waals surface area contributed by atoms with Gasteiger partial charge in [-0.2, -0.15) is 12.7 Å². The summed E-state index contributed by atoms with van der Waals surface area (Å²) in [6.07, 6.45) is 0.674. The molecule has 0 aromatic heterocycles. The Bertz CT molecular complexity index is 270. The maximum Gasteiger partial charge on any atom is 0.279 e. The van der Waals surface area contributed by atoms with Crippen LogP contribution in [0.4, 0.5) is 0 Å². The zero-order valence-corrected chi connectivity index (χ0v) is 10.9. The molecule has 0 aromatic carbocycles. The average molecular weight is 237 g/mol. The Hall–Kier alpha value is -0.170. The third-order valence-corrected chi connectivity index (χ3v) is 3.38. The third-order valence-electron chi connectivity index (χ3n) is 1.87. The van der Waals surface area contributed by atoms with Crippen molar-refractivity contribution in [3.05, 3.63) is 0 Å². The molecule has 0 spiro atoms. The van der Waals surface area contributed by atoms with Crippen LogP contribution in [0, 0.1) is 5.41 Å². The van der Waals surface area contributed by atoms with E-state index in [-0.39, 0.29) is 5.41 Å². The number of nitrogens with two attached hydrogens (primary N) is 1. The van der Waals surface area contributed by atoms with Crippen LogP contribution in [0.1, 0.15) is 27.2 Å². The molecule has 0 atom stereocenters. The standard InChI is InChI=1S/C9H23N3O2S/c1-9(2,3)8-11-15(13,14)12(4)7-5-6-10/h11H,5-8,10H2,1-4H3. The van der Waals surface area contributed by atoms with Crippen molar-refractivity contribution in [2.45, 2.75) is 27.2 Å². The van der Waals surface area contributed by atoms with Crippen LogP contribution < -0.4 is 10.5 Å². The number of hydrogen-bond donors (Lipinski definition) is 2. The van der Waals surface area contributed by atoms with Crippen molar-refractivity contribution in [3.63, 3.8) is 0 Å². The fraction of sp³-hybridized carbons (Fsp3) is 1.00. The van der Waals surface area contributed by atoms with Gasteiger partial charge in [0.1, 0.15) is 0 Å². The van der Waals surface area contributed by atoms with Crippen LogP contribution >= 0.6 is 0 Å². The molecule has 15 heavy (non-hydrogen) atoms. The van der Waals surface area contributed by atoms with Crippen molar-refractivity contribution < 1.29 is 8.42 Å². The van der Waals surface area contributed by atoms with Gasteiger partial charge in [0.05, 0.1) is 0 Å². The van der Waals surface area contributed by atoms with Gasteiger partial charge in [0.2, 0.25) is 0 Å². The minimum Gasteiger partial charge on any atom is -0.330 e. The van der Waals surface area contributed by atoms with Gasteiger partial charge >= 0.3 is 0 Å². The van der Waals surface area contributed by atoms with Crippen LogP contribution in [0.15, 0.2) is 0 Å². The van der Waals surface area contributed by atoms with Gasteiger partial charge in [0, 0.05) is 20.1 Å². The Morgan fingerprint density at radius 2 is 1.87 bits per heavy atom. The van der Waals surface area contributed by atoms with E-state index >= 15 is 0 Å². The van der Waals surface area contributed by atoms with Crippen LogP contribution in [0.3, 0.4) is 0 Å². The molecule has 0 saturated heterocycles. The Kier molecular flexibility index (Phi) is 5.72. The van der Waals surface area contributed by atoms with Crippen LogP contribution in [0.5, 0.6) is 0 Å². The highest BCUT2D eigenvalue weighted by molar-refractivity contribution is 7.87. The molecule has 0 aromatic rings. The molecule has 0 aliphatic rings. The summed E-state index contributed by atoms with van der Waals surface area (Å²) in [5.74, 6) is 0. The smallest absolute Gasteiger partial charge is 0.279 e. The molecule has 0 fully saturated rings. The predicted molar refractivity (Wildman–Crippen MR) is 62.7 cm³/mol. The maximum absolute atomic E-state index is 11.7. The SMILES string of the molecule is CN(CCCN)S(=O)(=O)NCC(C)(C)C. The fourth-order valence-corrected chi connectivity index (χ4v) is 2.06. The number of nitrogens with one attached hydrogen (secondary N) is 1. The predicted octanol–water partition coefficient (Wildman–Crippen LogP) is 0.148. The average Bonchev–Trinajstić information content (AvgIpc) is 2.10. The van der Waals surface area contributed by atoms with Gasteiger partial charge in [-0.15, -0.1) is 0 Å². The second-order valence-corrected chi connectivity index (χ2v) is 6.71. The van der Waals surface area contributed by atoms with Crippen molar-refractivity contribution in [3.8, 4) is 0 Å². The molecular weight excluding hydrogens is 214 g/mol. The summed E-state index contributed by atoms with van der Waals surface area (Å²) in [5, 5.41) is 0. The molecule has 92 valence electrons. The van der Waals surface area contributed by atoms with E-state index in [2.05, 4.69) is 4.72 Å². The Balaban J connectivity index is 4.18. The molecule has 0 amide bonds. The van der Waals surface area contributed by atoms with Crippen LogP contribution in [-0.2, 0) is 10.2 Å². The lowest BCUT2D eigenvalue weighted by Crippen LogP contribution is -2.42. The minimum atomic E-state index is -3.34. The first-order valence-electron chi connectivity index (χ1n) is 5.10. The minimum absolute atomic E-state index is 0.0538. The summed E-state index contributed by atoms with van der Waals surface area (Å²) in [7, 11) is -1.78. The van der Waals surface area contributed by atoms with Gasteiger partial charge < -0.3 is 5.73 Å². The highest BCUT2D eigenvalue weighted by atomic mass is 32.2. The van der Waals surface area contributed by atoms with Crippen LogP contribution in [0.25, 0.3) is 0 Å². The molecule has 0 saturated carbocycles. The first kappa shape index (κ1) is 14.8. The van der Waals surface area contributed by atoms with Crippen molar-refractivity contribution in [2.75, 3.05) is 26.7 Å². The van der Waals surface area contributed by atoms with Crippen LogP contribution in [0.2, 0.25) is 0 Å². The van der Waals surface area contributed by atoms with Gasteiger partial charge in [0.15, 0.2) is 0 Å². The molecule has 3 N–H and O–H groups in total. The highest BCUT2D eigenvalue weighted by Crippen LogP contribution is 2.11. The van der Waals surface area contributed by atoms with E-state index in [0.29, 0.717) is 26.1 Å². The van der Waals surface area contributed by atoms with E-state index in [4.69, 9.17) is 5.73 Å². The maximum atomic E-state index is 11.7. The Morgan fingerprint density at radius 3 is 2.27 bits per heavy atom. The summed E-state index contributed by atoms with van der Waals surface area (Å²) in [6.45, 7) is 7.33. The second-order valence-electron chi connectivity index (χ2n) is 4.85. The zero-order valence-electron chi connectivity index (χ0n) is 10.1. The quantitative estimate of drug-likeness (QED) is 0.690. The number of hydrogen-bond acceptors (Lipinski definition) is 3. The molecule has 0 radical (unpaired) electrons. The van der Waals surface area contributed by atoms with E-state index in [1.165, 1.54) is 4.31 Å². The number of rotatable bonds is 6. The summed E-state index contributed by atoms with van der Waals surface area (Å²) in [5.41, 5.74) is 5.27. The molecule has 0 aliphatic heterocycles. The third kappa shape index (κ3) is 6.83. The topological polar surface area (TPSA) is 75.4 Å². The molecule has 5 nitrogen and oxygen atoms in total. The van der Waals surface area contributed by atoms with E-state index < -0.39 is 10.2 Å². The first-order valence-corrected chi connectivity index (χ1v) is 6.54. The van der Waals surface area contributed by atoms with E-state index in [9.17, 15) is 8.42 Å². The molecule has 0 bridgehead atoms. The van der Waals surface area contributed by atoms with Crippen LogP contribution in [-0.4, -0.2) is 39.4 Å². The van der Waals surface area contributed by atoms with Crippen molar-refractivity contribution >= 4 is 10.2 Å². The second kappa shape index (κ2) is 5.79. The van der Waals surface area contributed by atoms with Gasteiger partial charge in [-0.05, 0) is 18.4 Å². The summed E-state index contributed by atoms with van der Waals surface area (Å²) < 4.78 is 27.2. The first-order chi connectivity index (χ1) is 6.69. The molecule has 0 heterocycles. The molecular formula is C9H23N3O2S. The van der Waals surface area contributed by atoms with E-state index in [1.807, 2.05) is 20.8 Å². The molecule has 0 aliphatic carbocycles. The van der Waals surface area contributed by atoms with Gasteiger partial charge in [0.25, 0.3) is 10.2 Å². The lowest BCUT2D eigenvalue weighted by Gasteiger charge is -2.22. The number of nitrogens with zero attached hydrogens (tertiary/aromatic N) is 1. The van der Waals surface area contributed by atoms with Crippen molar-refractivity contribution in [1.82, 2.24) is 9.03 Å². The normalized spacial score (nSPS) is 13.5. The van der Waals surface area contributed by atoms with Crippen molar-refractivity contribution in [1.29, 1.82) is 0 Å².